The number of amides is 1. The summed E-state index contributed by atoms with van der Waals surface area (Å²) in [6.45, 7) is 4.83. The van der Waals surface area contributed by atoms with Crippen LogP contribution in [-0.2, 0) is 9.53 Å². The van der Waals surface area contributed by atoms with Crippen molar-refractivity contribution in [2.24, 2.45) is 11.8 Å². The fraction of sp³-hybridized carbons (Fsp3) is 0.929. The van der Waals surface area contributed by atoms with E-state index in [1.165, 1.54) is 12.8 Å². The Labute approximate surface area is 110 Å². The molecule has 0 radical (unpaired) electrons. The molecule has 18 heavy (non-hydrogen) atoms. The van der Waals surface area contributed by atoms with Crippen LogP contribution in [0.3, 0.4) is 0 Å². The predicted molar refractivity (Wildman–Crippen MR) is 71.4 cm³/mol. The molecule has 0 spiro atoms. The van der Waals surface area contributed by atoms with Crippen molar-refractivity contribution in [2.45, 2.75) is 32.1 Å². The molecular formula is C14H26N2O2. The van der Waals surface area contributed by atoms with Crippen LogP contribution in [-0.4, -0.2) is 50.7 Å². The van der Waals surface area contributed by atoms with Gasteiger partial charge in [0.25, 0.3) is 0 Å². The van der Waals surface area contributed by atoms with Crippen LogP contribution in [0.25, 0.3) is 0 Å². The van der Waals surface area contributed by atoms with E-state index in [0.717, 1.165) is 52.0 Å². The van der Waals surface area contributed by atoms with Crippen LogP contribution >= 0.6 is 0 Å². The average Bonchev–Trinajstić information content (AvgIpc) is 2.41. The lowest BCUT2D eigenvalue weighted by Crippen LogP contribution is -2.41. The predicted octanol–water partition coefficient (Wildman–Crippen LogP) is 1.26. The van der Waals surface area contributed by atoms with Gasteiger partial charge >= 0.3 is 0 Å². The van der Waals surface area contributed by atoms with Gasteiger partial charge in [-0.3, -0.25) is 4.79 Å². The van der Waals surface area contributed by atoms with Crippen LogP contribution < -0.4 is 5.32 Å². The average molecular weight is 254 g/mol. The van der Waals surface area contributed by atoms with Crippen molar-refractivity contribution in [1.82, 2.24) is 10.2 Å². The van der Waals surface area contributed by atoms with Crippen molar-refractivity contribution in [3.63, 3.8) is 0 Å². The van der Waals surface area contributed by atoms with Crippen LogP contribution in [0.5, 0.6) is 0 Å². The minimum atomic E-state index is 0.361. The molecule has 1 amide bonds. The summed E-state index contributed by atoms with van der Waals surface area (Å²) >= 11 is 0. The molecule has 4 heteroatoms. The number of nitrogens with one attached hydrogen (secondary N) is 1. The molecule has 2 saturated heterocycles. The lowest BCUT2D eigenvalue weighted by Gasteiger charge is -2.33. The Morgan fingerprint density at radius 1 is 1.28 bits per heavy atom. The van der Waals surface area contributed by atoms with Crippen molar-refractivity contribution in [2.75, 3.05) is 39.9 Å². The third kappa shape index (κ3) is 3.95. The monoisotopic (exact) mass is 254 g/mol. The van der Waals surface area contributed by atoms with Crippen LogP contribution in [0.15, 0.2) is 0 Å². The number of ether oxygens (including phenoxy) is 1. The number of hydrogen-bond acceptors (Lipinski definition) is 3. The second kappa shape index (κ2) is 7.10. The molecule has 2 heterocycles. The minimum absolute atomic E-state index is 0.361. The zero-order chi connectivity index (χ0) is 12.8. The topological polar surface area (TPSA) is 41.6 Å². The Hall–Kier alpha value is -0.610. The first kappa shape index (κ1) is 13.8. The first-order valence-electron chi connectivity index (χ1n) is 7.27. The van der Waals surface area contributed by atoms with Gasteiger partial charge in [-0.05, 0) is 50.6 Å². The number of likely N-dealkylation sites (tertiary alicyclic amines) is 1. The van der Waals surface area contributed by atoms with Crippen LogP contribution in [0.2, 0.25) is 0 Å². The number of methoxy groups -OCH3 is 1. The molecule has 0 bridgehead atoms. The molecule has 104 valence electrons. The minimum Gasteiger partial charge on any atom is -0.384 e. The molecule has 2 rings (SSSR count). The van der Waals surface area contributed by atoms with Gasteiger partial charge in [-0.25, -0.2) is 0 Å². The highest BCUT2D eigenvalue weighted by atomic mass is 16.5. The van der Waals surface area contributed by atoms with Crippen molar-refractivity contribution in [3.05, 3.63) is 0 Å². The van der Waals surface area contributed by atoms with Gasteiger partial charge in [0.1, 0.15) is 0 Å². The van der Waals surface area contributed by atoms with E-state index in [4.69, 9.17) is 4.74 Å². The summed E-state index contributed by atoms with van der Waals surface area (Å²) in [5, 5.41) is 3.38. The fourth-order valence-corrected chi connectivity index (χ4v) is 3.06. The SMILES string of the molecule is COCC1CCN(C(=O)CC2CCCNC2)CC1. The molecule has 1 atom stereocenters. The van der Waals surface area contributed by atoms with Crippen LogP contribution in [0.1, 0.15) is 32.1 Å². The van der Waals surface area contributed by atoms with Crippen molar-refractivity contribution in [1.29, 1.82) is 0 Å². The maximum absolute atomic E-state index is 12.2. The second-order valence-electron chi connectivity index (χ2n) is 5.70. The summed E-state index contributed by atoms with van der Waals surface area (Å²) in [5.41, 5.74) is 0. The highest BCUT2D eigenvalue weighted by Crippen LogP contribution is 2.20. The van der Waals surface area contributed by atoms with Gasteiger partial charge in [0.2, 0.25) is 5.91 Å². The second-order valence-corrected chi connectivity index (χ2v) is 5.70. The van der Waals surface area contributed by atoms with E-state index in [9.17, 15) is 4.79 Å². The number of piperidine rings is 2. The molecule has 0 aliphatic carbocycles. The number of carbonyl (C=O) groups excluding carboxylic acids is 1. The largest absolute Gasteiger partial charge is 0.384 e. The van der Waals surface area contributed by atoms with E-state index in [1.54, 1.807) is 7.11 Å². The summed E-state index contributed by atoms with van der Waals surface area (Å²) in [5.74, 6) is 1.57. The third-order valence-electron chi connectivity index (χ3n) is 4.23. The highest BCUT2D eigenvalue weighted by molar-refractivity contribution is 5.76. The lowest BCUT2D eigenvalue weighted by atomic mass is 9.93. The number of nitrogens with zero attached hydrogens (tertiary/aromatic N) is 1. The van der Waals surface area contributed by atoms with E-state index >= 15 is 0 Å². The molecule has 0 aromatic carbocycles. The number of carbonyl (C=O) groups is 1. The third-order valence-corrected chi connectivity index (χ3v) is 4.23. The van der Waals surface area contributed by atoms with E-state index in [2.05, 4.69) is 10.2 Å². The quantitative estimate of drug-likeness (QED) is 0.821. The summed E-state index contributed by atoms with van der Waals surface area (Å²) in [7, 11) is 1.76. The molecule has 0 aromatic heterocycles. The van der Waals surface area contributed by atoms with Gasteiger partial charge < -0.3 is 15.0 Å². The summed E-state index contributed by atoms with van der Waals surface area (Å²) in [6.07, 6.45) is 5.36. The maximum Gasteiger partial charge on any atom is 0.222 e. The van der Waals surface area contributed by atoms with Crippen molar-refractivity contribution >= 4 is 5.91 Å². The molecule has 4 nitrogen and oxygen atoms in total. The molecule has 0 aromatic rings. The molecule has 1 unspecified atom stereocenters. The van der Waals surface area contributed by atoms with Crippen molar-refractivity contribution in [3.8, 4) is 0 Å². The Bertz CT molecular complexity index is 257. The normalized spacial score (nSPS) is 26.3. The van der Waals surface area contributed by atoms with Gasteiger partial charge in [-0.1, -0.05) is 0 Å². The Morgan fingerprint density at radius 3 is 2.67 bits per heavy atom. The molecule has 2 aliphatic rings. The lowest BCUT2D eigenvalue weighted by molar-refractivity contribution is -0.134. The molecule has 0 saturated carbocycles. The van der Waals surface area contributed by atoms with E-state index in [0.29, 0.717) is 17.7 Å². The Balaban J connectivity index is 1.70. The van der Waals surface area contributed by atoms with Crippen molar-refractivity contribution < 1.29 is 9.53 Å². The first-order valence-corrected chi connectivity index (χ1v) is 7.27. The molecule has 2 fully saturated rings. The van der Waals surface area contributed by atoms with Gasteiger partial charge in [0, 0.05) is 33.2 Å². The Kier molecular flexibility index (Phi) is 5.45. The zero-order valence-electron chi connectivity index (χ0n) is 11.5. The van der Waals surface area contributed by atoms with E-state index in [1.807, 2.05) is 0 Å². The van der Waals surface area contributed by atoms with Gasteiger partial charge in [0.05, 0.1) is 0 Å². The molecular weight excluding hydrogens is 228 g/mol. The number of hydrogen-bond donors (Lipinski definition) is 1. The van der Waals surface area contributed by atoms with Gasteiger partial charge in [0.15, 0.2) is 0 Å². The summed E-state index contributed by atoms with van der Waals surface area (Å²) in [6, 6.07) is 0. The zero-order valence-corrected chi connectivity index (χ0v) is 11.5. The van der Waals surface area contributed by atoms with E-state index in [-0.39, 0.29) is 0 Å². The molecule has 1 N–H and O–H groups in total. The van der Waals surface area contributed by atoms with Crippen LogP contribution in [0, 0.1) is 11.8 Å². The van der Waals surface area contributed by atoms with Gasteiger partial charge in [-0.15, -0.1) is 0 Å². The van der Waals surface area contributed by atoms with E-state index < -0.39 is 0 Å². The van der Waals surface area contributed by atoms with Gasteiger partial charge in [-0.2, -0.15) is 0 Å². The summed E-state index contributed by atoms with van der Waals surface area (Å²) in [4.78, 5) is 14.3. The number of rotatable bonds is 4. The fourth-order valence-electron chi connectivity index (χ4n) is 3.06. The standard InChI is InChI=1S/C14H26N2O2/c1-18-11-12-4-7-16(8-5-12)14(17)9-13-3-2-6-15-10-13/h12-13,15H,2-11H2,1H3. The maximum atomic E-state index is 12.2. The van der Waals surface area contributed by atoms with Crippen LogP contribution in [0.4, 0.5) is 0 Å². The molecule has 2 aliphatic heterocycles. The Morgan fingerprint density at radius 2 is 2.06 bits per heavy atom. The summed E-state index contributed by atoms with van der Waals surface area (Å²) < 4.78 is 5.19. The first-order chi connectivity index (χ1) is 8.79. The highest BCUT2D eigenvalue weighted by Gasteiger charge is 2.25. The smallest absolute Gasteiger partial charge is 0.222 e.